The van der Waals surface area contributed by atoms with Crippen molar-refractivity contribution in [2.45, 2.75) is 62.4 Å². The van der Waals surface area contributed by atoms with E-state index in [1.165, 1.54) is 12.1 Å². The van der Waals surface area contributed by atoms with Crippen LogP contribution in [0.5, 0.6) is 6.01 Å². The molecule has 0 saturated carbocycles. The van der Waals surface area contributed by atoms with Gasteiger partial charge >= 0.3 is 6.01 Å². The van der Waals surface area contributed by atoms with E-state index in [1.54, 1.807) is 4.90 Å². The lowest BCUT2D eigenvalue weighted by Crippen LogP contribution is -2.55. The molecule has 2 fully saturated rings. The maximum Gasteiger partial charge on any atom is 0.318 e. The van der Waals surface area contributed by atoms with Crippen LogP contribution in [0.15, 0.2) is 24.8 Å². The number of carbonyl (C=O) groups excluding carboxylic acids is 2. The topological polar surface area (TPSA) is 115 Å². The first-order chi connectivity index (χ1) is 20.7. The monoisotopic (exact) mass is 591 g/mol. The number of nitrogens with zero attached hydrogens (tertiary/aromatic N) is 6. The van der Waals surface area contributed by atoms with E-state index in [2.05, 4.69) is 29.9 Å². The second-order valence-corrected chi connectivity index (χ2v) is 11.9. The molecule has 0 bridgehead atoms. The summed E-state index contributed by atoms with van der Waals surface area (Å²) in [5.41, 5.74) is 0.489. The minimum atomic E-state index is -1.18. The number of hydrogen-bond donors (Lipinski definition) is 1. The Morgan fingerprint density at radius 3 is 2.84 bits per heavy atom. The zero-order valence-corrected chi connectivity index (χ0v) is 24.2. The predicted octanol–water partition coefficient (Wildman–Crippen LogP) is 3.11. The van der Waals surface area contributed by atoms with Gasteiger partial charge in [0.25, 0.3) is 0 Å². The molecule has 226 valence electrons. The Morgan fingerprint density at radius 2 is 2.09 bits per heavy atom. The highest BCUT2D eigenvalue weighted by Gasteiger charge is 2.49. The van der Waals surface area contributed by atoms with Gasteiger partial charge in [-0.15, -0.1) is 0 Å². The predicted molar refractivity (Wildman–Crippen MR) is 155 cm³/mol. The van der Waals surface area contributed by atoms with Crippen molar-refractivity contribution in [1.82, 2.24) is 19.8 Å². The van der Waals surface area contributed by atoms with Gasteiger partial charge < -0.3 is 24.8 Å². The summed E-state index contributed by atoms with van der Waals surface area (Å²) >= 11 is 0. The first-order valence-corrected chi connectivity index (χ1v) is 14.8. The number of fused-ring (bicyclic) bond motifs is 3. The Bertz CT molecular complexity index is 1510. The molecule has 0 radical (unpaired) electrons. The molecule has 6 rings (SSSR count). The van der Waals surface area contributed by atoms with Crippen LogP contribution in [0.4, 0.5) is 20.3 Å². The Hall–Kier alpha value is -4.11. The van der Waals surface area contributed by atoms with Crippen LogP contribution < -0.4 is 15.0 Å². The average molecular weight is 592 g/mol. The van der Waals surface area contributed by atoms with Gasteiger partial charge in [0.05, 0.1) is 29.6 Å². The third-order valence-electron chi connectivity index (χ3n) is 9.44. The Morgan fingerprint density at radius 1 is 1.26 bits per heavy atom. The van der Waals surface area contributed by atoms with Gasteiger partial charge in [0.15, 0.2) is 5.82 Å². The largest absolute Gasteiger partial charge is 0.462 e. The maximum atomic E-state index is 14.9. The van der Waals surface area contributed by atoms with Gasteiger partial charge in [-0.3, -0.25) is 9.59 Å². The summed E-state index contributed by atoms with van der Waals surface area (Å²) in [6.45, 7) is 6.01. The minimum Gasteiger partial charge on any atom is -0.462 e. The summed E-state index contributed by atoms with van der Waals surface area (Å²) in [4.78, 5) is 41.8. The van der Waals surface area contributed by atoms with Crippen LogP contribution in [0, 0.1) is 23.0 Å². The zero-order chi connectivity index (χ0) is 30.3. The number of ether oxygens (including phenoxy) is 1. The van der Waals surface area contributed by atoms with Crippen LogP contribution in [-0.4, -0.2) is 83.5 Å². The van der Waals surface area contributed by atoms with Gasteiger partial charge in [0.1, 0.15) is 23.9 Å². The van der Waals surface area contributed by atoms with Crippen LogP contribution >= 0.6 is 0 Å². The molecule has 1 aromatic heterocycles. The van der Waals surface area contributed by atoms with Crippen LogP contribution in [0.1, 0.15) is 48.9 Å². The quantitative estimate of drug-likeness (QED) is 0.510. The SMILES string of the molecule is C=CC(=O)N1CCN(c2nc(OC[C@@H]3CCCN3C)nc3c2NC(=O)C2(CCCc4c(F)cc(F)cc42)C3)C[C@@H]1CC#N. The van der Waals surface area contributed by atoms with Crippen molar-refractivity contribution in [3.8, 4) is 12.1 Å². The molecule has 10 nitrogen and oxygen atoms in total. The van der Waals surface area contributed by atoms with Gasteiger partial charge in [0, 0.05) is 38.2 Å². The summed E-state index contributed by atoms with van der Waals surface area (Å²) in [5.74, 6) is -1.53. The van der Waals surface area contributed by atoms with Crippen molar-refractivity contribution in [3.05, 3.63) is 53.2 Å². The maximum absolute atomic E-state index is 14.9. The molecule has 12 heteroatoms. The second kappa shape index (κ2) is 11.5. The number of likely N-dealkylation sites (N-methyl/N-ethyl adjacent to an activating group) is 1. The molecule has 3 aliphatic heterocycles. The lowest BCUT2D eigenvalue weighted by molar-refractivity contribution is -0.128. The van der Waals surface area contributed by atoms with E-state index in [0.717, 1.165) is 25.5 Å². The van der Waals surface area contributed by atoms with Gasteiger partial charge in [-0.2, -0.15) is 15.2 Å². The van der Waals surface area contributed by atoms with E-state index in [9.17, 15) is 23.6 Å². The highest BCUT2D eigenvalue weighted by atomic mass is 19.1. The molecular weight excluding hydrogens is 556 g/mol. The Balaban J connectivity index is 1.40. The minimum absolute atomic E-state index is 0.115. The van der Waals surface area contributed by atoms with Crippen molar-refractivity contribution in [3.63, 3.8) is 0 Å². The van der Waals surface area contributed by atoms with Crippen LogP contribution in [0.25, 0.3) is 0 Å². The number of nitriles is 1. The number of benzene rings is 1. The molecule has 4 aliphatic rings. The summed E-state index contributed by atoms with van der Waals surface area (Å²) in [6.07, 6.45) is 4.99. The number of likely N-dealkylation sites (tertiary alicyclic amines) is 1. The lowest BCUT2D eigenvalue weighted by atomic mass is 9.65. The fourth-order valence-electron chi connectivity index (χ4n) is 7.12. The molecule has 43 heavy (non-hydrogen) atoms. The van der Waals surface area contributed by atoms with Crippen LogP contribution in [0.3, 0.4) is 0 Å². The normalized spacial score (nSPS) is 25.1. The fourth-order valence-corrected chi connectivity index (χ4v) is 7.12. The molecule has 1 unspecified atom stereocenters. The number of hydrogen-bond acceptors (Lipinski definition) is 8. The number of rotatable bonds is 6. The molecule has 1 aliphatic carbocycles. The Labute approximate surface area is 249 Å². The molecule has 1 spiro atoms. The van der Waals surface area contributed by atoms with Crippen molar-refractivity contribution in [2.24, 2.45) is 0 Å². The number of piperazine rings is 1. The highest BCUT2D eigenvalue weighted by molar-refractivity contribution is 6.04. The third-order valence-corrected chi connectivity index (χ3v) is 9.44. The second-order valence-electron chi connectivity index (χ2n) is 11.9. The molecule has 4 heterocycles. The first-order valence-electron chi connectivity index (χ1n) is 14.8. The number of aromatic nitrogens is 2. The van der Waals surface area contributed by atoms with Crippen LogP contribution in [0.2, 0.25) is 0 Å². The number of carbonyl (C=O) groups is 2. The summed E-state index contributed by atoms with van der Waals surface area (Å²) in [6, 6.07) is 4.28. The number of halogens is 2. The molecule has 1 N–H and O–H groups in total. The van der Waals surface area contributed by atoms with E-state index in [4.69, 9.17) is 14.7 Å². The third kappa shape index (κ3) is 5.20. The molecule has 3 atom stereocenters. The van der Waals surface area contributed by atoms with Gasteiger partial charge in [-0.1, -0.05) is 6.58 Å². The van der Waals surface area contributed by atoms with E-state index in [1.807, 2.05) is 4.90 Å². The molecule has 2 saturated heterocycles. The average Bonchev–Trinajstić information content (AvgIpc) is 3.41. The van der Waals surface area contributed by atoms with E-state index < -0.39 is 23.1 Å². The summed E-state index contributed by atoms with van der Waals surface area (Å²) < 4.78 is 35.5. The van der Waals surface area contributed by atoms with E-state index in [0.29, 0.717) is 73.8 Å². The standard InChI is InChI=1S/C31H35F2N7O3/c1-3-26(41)40-13-12-39(17-20(40)8-10-34)28-27-25(35-30(37-28)43-18-21-6-5-11-38(21)2)16-31(29(42)36-27)9-4-7-22-23(31)14-19(32)15-24(22)33/h3,14-15,20-21H,1,4-9,11-13,16-18H2,2H3,(H,36,42)/t20-,21-,31?/m0/s1. The van der Waals surface area contributed by atoms with Crippen molar-refractivity contribution in [2.75, 3.05) is 50.1 Å². The fraction of sp³-hybridized carbons (Fsp3) is 0.516. The summed E-state index contributed by atoms with van der Waals surface area (Å²) in [5, 5.41) is 12.5. The number of nitrogens with one attached hydrogen (secondary N) is 1. The number of anilines is 2. The van der Waals surface area contributed by atoms with Gasteiger partial charge in [-0.05, 0) is 69.0 Å². The summed E-state index contributed by atoms with van der Waals surface area (Å²) in [7, 11) is 2.05. The smallest absolute Gasteiger partial charge is 0.318 e. The van der Waals surface area contributed by atoms with Crippen molar-refractivity contribution < 1.29 is 23.1 Å². The van der Waals surface area contributed by atoms with Crippen molar-refractivity contribution >= 4 is 23.3 Å². The highest BCUT2D eigenvalue weighted by Crippen LogP contribution is 2.47. The van der Waals surface area contributed by atoms with E-state index in [-0.39, 0.29) is 36.7 Å². The van der Waals surface area contributed by atoms with Gasteiger partial charge in [0.2, 0.25) is 11.8 Å². The first kappa shape index (κ1) is 29.0. The number of amides is 2. The molecule has 1 aromatic carbocycles. The lowest BCUT2D eigenvalue weighted by Gasteiger charge is -2.44. The molecule has 2 amide bonds. The van der Waals surface area contributed by atoms with Crippen molar-refractivity contribution in [1.29, 1.82) is 5.26 Å². The van der Waals surface area contributed by atoms with E-state index >= 15 is 0 Å². The molecule has 2 aromatic rings. The van der Waals surface area contributed by atoms with Gasteiger partial charge in [-0.25, -0.2) is 8.78 Å². The van der Waals surface area contributed by atoms with Crippen LogP contribution in [-0.2, 0) is 27.8 Å². The molecular formula is C31H35F2N7O3. The zero-order valence-electron chi connectivity index (χ0n) is 24.2. The Kier molecular flexibility index (Phi) is 7.77.